The van der Waals surface area contributed by atoms with Crippen molar-refractivity contribution in [2.24, 2.45) is 5.92 Å². The summed E-state index contributed by atoms with van der Waals surface area (Å²) in [7, 11) is 0. The molecule has 0 N–H and O–H groups in total. The first kappa shape index (κ1) is 15.4. The number of hydrogen-bond acceptors (Lipinski definition) is 4. The van der Waals surface area contributed by atoms with E-state index >= 15 is 0 Å². The zero-order chi connectivity index (χ0) is 16.4. The SMILES string of the molecule is Cc1cc(C#CC2CC2)ccc1-c1cn(C[C@H]2COCCO2)nn1. The molecule has 4 rings (SSSR count). The van der Waals surface area contributed by atoms with Gasteiger partial charge in [0.15, 0.2) is 0 Å². The highest BCUT2D eigenvalue weighted by molar-refractivity contribution is 5.64. The Kier molecular flexibility index (Phi) is 4.33. The van der Waals surface area contributed by atoms with Crippen LogP contribution in [0.25, 0.3) is 11.3 Å². The fourth-order valence-electron chi connectivity index (χ4n) is 2.80. The summed E-state index contributed by atoms with van der Waals surface area (Å²) in [6, 6.07) is 6.28. The Bertz CT molecular complexity index is 777. The average molecular weight is 323 g/mol. The van der Waals surface area contributed by atoms with E-state index in [1.807, 2.05) is 10.9 Å². The lowest BCUT2D eigenvalue weighted by atomic mass is 10.0. The van der Waals surface area contributed by atoms with Gasteiger partial charge in [0.05, 0.1) is 32.6 Å². The maximum absolute atomic E-state index is 5.66. The predicted molar refractivity (Wildman–Crippen MR) is 90.4 cm³/mol. The van der Waals surface area contributed by atoms with E-state index < -0.39 is 0 Å². The molecule has 124 valence electrons. The fourth-order valence-corrected chi connectivity index (χ4v) is 2.80. The van der Waals surface area contributed by atoms with Crippen molar-refractivity contribution >= 4 is 0 Å². The number of rotatable bonds is 3. The Morgan fingerprint density at radius 2 is 2.21 bits per heavy atom. The van der Waals surface area contributed by atoms with Gasteiger partial charge in [0, 0.05) is 17.0 Å². The van der Waals surface area contributed by atoms with Gasteiger partial charge in [-0.1, -0.05) is 23.1 Å². The molecule has 0 radical (unpaired) electrons. The van der Waals surface area contributed by atoms with E-state index in [2.05, 4.69) is 47.3 Å². The second kappa shape index (κ2) is 6.76. The third kappa shape index (κ3) is 3.66. The number of benzene rings is 1. The monoisotopic (exact) mass is 323 g/mol. The second-order valence-corrected chi connectivity index (χ2v) is 6.47. The first-order valence-corrected chi connectivity index (χ1v) is 8.50. The molecule has 1 aromatic carbocycles. The Labute approximate surface area is 142 Å². The van der Waals surface area contributed by atoms with E-state index in [0.717, 1.165) is 16.8 Å². The Hall–Kier alpha value is -2.16. The van der Waals surface area contributed by atoms with Crippen LogP contribution in [-0.2, 0) is 16.0 Å². The zero-order valence-electron chi connectivity index (χ0n) is 13.9. The predicted octanol–water partition coefficient (Wildman–Crippen LogP) is 2.43. The zero-order valence-corrected chi connectivity index (χ0v) is 13.9. The normalized spacial score (nSPS) is 20.5. The van der Waals surface area contributed by atoms with Crippen LogP contribution in [-0.4, -0.2) is 40.9 Å². The van der Waals surface area contributed by atoms with Crippen LogP contribution in [0.4, 0.5) is 0 Å². The topological polar surface area (TPSA) is 49.2 Å². The lowest BCUT2D eigenvalue weighted by Gasteiger charge is -2.22. The number of nitrogens with zero attached hydrogens (tertiary/aromatic N) is 3. The average Bonchev–Trinajstić information content (AvgIpc) is 3.32. The number of aryl methyl sites for hydroxylation is 1. The van der Waals surface area contributed by atoms with Crippen LogP contribution in [0.5, 0.6) is 0 Å². The van der Waals surface area contributed by atoms with Gasteiger partial charge in [-0.15, -0.1) is 5.10 Å². The summed E-state index contributed by atoms with van der Waals surface area (Å²) < 4.78 is 12.9. The van der Waals surface area contributed by atoms with Gasteiger partial charge in [0.25, 0.3) is 0 Å². The second-order valence-electron chi connectivity index (χ2n) is 6.47. The molecule has 1 aliphatic heterocycles. The molecule has 0 bridgehead atoms. The molecule has 2 aliphatic rings. The number of aromatic nitrogens is 3. The smallest absolute Gasteiger partial charge is 0.113 e. The highest BCUT2D eigenvalue weighted by Crippen LogP contribution is 2.28. The van der Waals surface area contributed by atoms with Crippen molar-refractivity contribution in [3.05, 3.63) is 35.5 Å². The molecular weight excluding hydrogens is 302 g/mol. The van der Waals surface area contributed by atoms with E-state index in [1.165, 1.54) is 18.4 Å². The summed E-state index contributed by atoms with van der Waals surface area (Å²) in [6.07, 6.45) is 4.52. The highest BCUT2D eigenvalue weighted by atomic mass is 16.6. The van der Waals surface area contributed by atoms with Gasteiger partial charge in [-0.05, 0) is 37.5 Å². The Balaban J connectivity index is 1.48. The fraction of sp³-hybridized carbons (Fsp3) is 0.474. The van der Waals surface area contributed by atoms with Gasteiger partial charge in [-0.25, -0.2) is 4.68 Å². The summed E-state index contributed by atoms with van der Waals surface area (Å²) >= 11 is 0. The molecule has 0 spiro atoms. The molecule has 24 heavy (non-hydrogen) atoms. The van der Waals surface area contributed by atoms with Gasteiger partial charge in [0.1, 0.15) is 11.8 Å². The molecule has 5 heteroatoms. The third-order valence-electron chi connectivity index (χ3n) is 4.31. The molecule has 2 heterocycles. The van der Waals surface area contributed by atoms with Crippen LogP contribution >= 0.6 is 0 Å². The molecule has 1 aromatic heterocycles. The van der Waals surface area contributed by atoms with Gasteiger partial charge < -0.3 is 9.47 Å². The van der Waals surface area contributed by atoms with Crippen LogP contribution in [0.15, 0.2) is 24.4 Å². The van der Waals surface area contributed by atoms with Crippen molar-refractivity contribution < 1.29 is 9.47 Å². The summed E-state index contributed by atoms with van der Waals surface area (Å²) in [6.45, 7) is 4.69. The molecule has 2 fully saturated rings. The van der Waals surface area contributed by atoms with E-state index in [1.54, 1.807) is 0 Å². The molecule has 1 saturated heterocycles. The standard InChI is InChI=1S/C19H21N3O2/c1-14-10-16(5-4-15-2-3-15)6-7-18(14)19-12-22(21-20-19)11-17-13-23-8-9-24-17/h6-7,10,12,15,17H,2-3,8-9,11,13H2,1H3/t17-/m0/s1. The first-order valence-electron chi connectivity index (χ1n) is 8.50. The van der Waals surface area contributed by atoms with Crippen LogP contribution < -0.4 is 0 Å². The van der Waals surface area contributed by atoms with Crippen molar-refractivity contribution in [2.45, 2.75) is 32.4 Å². The lowest BCUT2D eigenvalue weighted by Crippen LogP contribution is -2.32. The molecule has 2 aromatic rings. The minimum atomic E-state index is 0.0504. The van der Waals surface area contributed by atoms with Crippen LogP contribution in [0.1, 0.15) is 24.0 Å². The van der Waals surface area contributed by atoms with Crippen molar-refractivity contribution in [1.29, 1.82) is 0 Å². The van der Waals surface area contributed by atoms with Gasteiger partial charge in [-0.3, -0.25) is 0 Å². The molecule has 0 unspecified atom stereocenters. The summed E-state index contributed by atoms with van der Waals surface area (Å²) in [5.41, 5.74) is 4.22. The van der Waals surface area contributed by atoms with Crippen molar-refractivity contribution in [3.8, 4) is 23.1 Å². The number of hydrogen-bond donors (Lipinski definition) is 0. The minimum Gasteiger partial charge on any atom is -0.376 e. The van der Waals surface area contributed by atoms with Crippen molar-refractivity contribution in [3.63, 3.8) is 0 Å². The van der Waals surface area contributed by atoms with E-state index in [0.29, 0.717) is 32.3 Å². The Morgan fingerprint density at radius 3 is 2.96 bits per heavy atom. The van der Waals surface area contributed by atoms with E-state index in [4.69, 9.17) is 9.47 Å². The number of ether oxygens (including phenoxy) is 2. The minimum absolute atomic E-state index is 0.0504. The summed E-state index contributed by atoms with van der Waals surface area (Å²) in [4.78, 5) is 0. The lowest BCUT2D eigenvalue weighted by molar-refractivity contribution is -0.0947. The molecule has 5 nitrogen and oxygen atoms in total. The van der Waals surface area contributed by atoms with Gasteiger partial charge in [0.2, 0.25) is 0 Å². The largest absolute Gasteiger partial charge is 0.376 e. The maximum atomic E-state index is 5.66. The van der Waals surface area contributed by atoms with E-state index in [-0.39, 0.29) is 6.10 Å². The third-order valence-corrected chi connectivity index (χ3v) is 4.31. The Morgan fingerprint density at radius 1 is 1.29 bits per heavy atom. The summed E-state index contributed by atoms with van der Waals surface area (Å²) in [5.74, 6) is 7.19. The van der Waals surface area contributed by atoms with Crippen LogP contribution in [0, 0.1) is 24.7 Å². The molecule has 1 saturated carbocycles. The maximum Gasteiger partial charge on any atom is 0.113 e. The molecule has 0 amide bonds. The summed E-state index contributed by atoms with van der Waals surface area (Å²) in [5, 5.41) is 8.53. The quantitative estimate of drug-likeness (QED) is 0.814. The molecular formula is C19H21N3O2. The van der Waals surface area contributed by atoms with Crippen LogP contribution in [0.3, 0.4) is 0 Å². The highest BCUT2D eigenvalue weighted by Gasteiger charge is 2.18. The van der Waals surface area contributed by atoms with Gasteiger partial charge in [-0.2, -0.15) is 0 Å². The van der Waals surface area contributed by atoms with Crippen molar-refractivity contribution in [1.82, 2.24) is 15.0 Å². The van der Waals surface area contributed by atoms with Gasteiger partial charge >= 0.3 is 0 Å². The molecule has 1 atom stereocenters. The van der Waals surface area contributed by atoms with Crippen LogP contribution in [0.2, 0.25) is 0 Å². The molecule has 1 aliphatic carbocycles. The van der Waals surface area contributed by atoms with Crippen molar-refractivity contribution in [2.75, 3.05) is 19.8 Å². The first-order chi connectivity index (χ1) is 11.8. The van der Waals surface area contributed by atoms with E-state index in [9.17, 15) is 0 Å².